The fraction of sp³-hybridized carbons (Fsp3) is 0.438. The average molecular weight is 336 g/mol. The molecule has 0 saturated heterocycles. The average Bonchev–Trinajstić information content (AvgIpc) is 2.67. The van der Waals surface area contributed by atoms with Gasteiger partial charge in [-0.3, -0.25) is 0 Å². The van der Waals surface area contributed by atoms with Crippen molar-refractivity contribution in [2.75, 3.05) is 5.73 Å². The second kappa shape index (κ2) is 5.24. The Kier molecular flexibility index (Phi) is 3.96. The van der Waals surface area contributed by atoms with Crippen LogP contribution in [-0.4, -0.2) is 9.55 Å². The van der Waals surface area contributed by atoms with Gasteiger partial charge in [-0.05, 0) is 19.9 Å². The number of hydrogen-bond donors (Lipinski definition) is 1. The fourth-order valence-electron chi connectivity index (χ4n) is 2.35. The molecular formula is C16H22BrN3. The van der Waals surface area contributed by atoms with Gasteiger partial charge in [0.05, 0.1) is 0 Å². The Labute approximate surface area is 129 Å². The molecule has 0 spiro atoms. The first-order valence-corrected chi connectivity index (χ1v) is 7.66. The standard InChI is InChI=1S/C16H22BrN3/c1-10(2)20-14(18)13(19-15(20)16(3,4)5)11-8-6-7-9-12(11)17/h6-10H,18H2,1-5H3. The van der Waals surface area contributed by atoms with Gasteiger partial charge in [0.25, 0.3) is 0 Å². The third-order valence-electron chi connectivity index (χ3n) is 3.26. The van der Waals surface area contributed by atoms with E-state index in [-0.39, 0.29) is 11.5 Å². The van der Waals surface area contributed by atoms with E-state index >= 15 is 0 Å². The molecule has 1 heterocycles. The molecule has 0 fully saturated rings. The second-order valence-corrected chi connectivity index (χ2v) is 7.22. The molecule has 0 radical (unpaired) electrons. The predicted molar refractivity (Wildman–Crippen MR) is 88.9 cm³/mol. The quantitative estimate of drug-likeness (QED) is 0.858. The smallest absolute Gasteiger partial charge is 0.132 e. The molecule has 0 aliphatic carbocycles. The van der Waals surface area contributed by atoms with Crippen molar-refractivity contribution in [2.45, 2.75) is 46.1 Å². The Balaban J connectivity index is 2.72. The first-order valence-electron chi connectivity index (χ1n) is 6.86. The lowest BCUT2D eigenvalue weighted by Crippen LogP contribution is -2.21. The molecule has 2 N–H and O–H groups in total. The maximum atomic E-state index is 6.38. The molecule has 108 valence electrons. The number of aromatic nitrogens is 2. The molecule has 0 unspecified atom stereocenters. The van der Waals surface area contributed by atoms with E-state index in [0.29, 0.717) is 0 Å². The van der Waals surface area contributed by atoms with Gasteiger partial charge in [-0.25, -0.2) is 4.98 Å². The van der Waals surface area contributed by atoms with Gasteiger partial charge in [-0.2, -0.15) is 0 Å². The van der Waals surface area contributed by atoms with Gasteiger partial charge in [0, 0.05) is 21.5 Å². The normalized spacial score (nSPS) is 12.2. The molecule has 0 amide bonds. The Morgan fingerprint density at radius 3 is 2.25 bits per heavy atom. The summed E-state index contributed by atoms with van der Waals surface area (Å²) in [6, 6.07) is 8.34. The lowest BCUT2D eigenvalue weighted by molar-refractivity contribution is 0.473. The fourth-order valence-corrected chi connectivity index (χ4v) is 2.82. The predicted octanol–water partition coefficient (Wildman–Crippen LogP) is 4.77. The number of anilines is 1. The minimum Gasteiger partial charge on any atom is -0.383 e. The summed E-state index contributed by atoms with van der Waals surface area (Å²) in [6.45, 7) is 10.8. The molecule has 0 bridgehead atoms. The summed E-state index contributed by atoms with van der Waals surface area (Å²) in [5.74, 6) is 1.76. The largest absolute Gasteiger partial charge is 0.383 e. The summed E-state index contributed by atoms with van der Waals surface area (Å²) in [6.07, 6.45) is 0. The number of benzene rings is 1. The van der Waals surface area contributed by atoms with Gasteiger partial charge in [-0.15, -0.1) is 0 Å². The van der Waals surface area contributed by atoms with Gasteiger partial charge in [0.2, 0.25) is 0 Å². The molecule has 0 aliphatic heterocycles. The SMILES string of the molecule is CC(C)n1c(C(C)(C)C)nc(-c2ccccc2Br)c1N. The highest BCUT2D eigenvalue weighted by molar-refractivity contribution is 9.10. The highest BCUT2D eigenvalue weighted by Gasteiger charge is 2.27. The van der Waals surface area contributed by atoms with Crippen molar-refractivity contribution in [3.8, 4) is 11.3 Å². The van der Waals surface area contributed by atoms with Crippen LogP contribution in [0.2, 0.25) is 0 Å². The third kappa shape index (κ3) is 2.62. The van der Waals surface area contributed by atoms with E-state index in [0.717, 1.165) is 27.4 Å². The summed E-state index contributed by atoms with van der Waals surface area (Å²) in [5, 5.41) is 0. The summed E-state index contributed by atoms with van der Waals surface area (Å²) >= 11 is 3.58. The van der Waals surface area contributed by atoms with Crippen LogP contribution < -0.4 is 5.73 Å². The van der Waals surface area contributed by atoms with Crippen molar-refractivity contribution in [3.63, 3.8) is 0 Å². The number of rotatable bonds is 2. The number of nitrogen functional groups attached to an aromatic ring is 1. The number of nitrogens with zero attached hydrogens (tertiary/aromatic N) is 2. The first-order chi connectivity index (χ1) is 9.23. The van der Waals surface area contributed by atoms with E-state index in [1.807, 2.05) is 24.3 Å². The van der Waals surface area contributed by atoms with Crippen LogP contribution >= 0.6 is 15.9 Å². The van der Waals surface area contributed by atoms with E-state index in [1.54, 1.807) is 0 Å². The van der Waals surface area contributed by atoms with Crippen molar-refractivity contribution in [2.24, 2.45) is 0 Å². The van der Waals surface area contributed by atoms with E-state index in [2.05, 4.69) is 55.1 Å². The molecule has 0 atom stereocenters. The Bertz CT molecular complexity index is 621. The topological polar surface area (TPSA) is 43.8 Å². The van der Waals surface area contributed by atoms with Crippen LogP contribution in [0.15, 0.2) is 28.7 Å². The molecule has 4 heteroatoms. The van der Waals surface area contributed by atoms with Crippen LogP contribution in [0.1, 0.15) is 46.5 Å². The highest BCUT2D eigenvalue weighted by atomic mass is 79.9. The summed E-state index contributed by atoms with van der Waals surface area (Å²) in [7, 11) is 0. The van der Waals surface area contributed by atoms with Crippen LogP contribution in [0.5, 0.6) is 0 Å². The molecule has 1 aromatic carbocycles. The van der Waals surface area contributed by atoms with E-state index < -0.39 is 0 Å². The Morgan fingerprint density at radius 2 is 1.80 bits per heavy atom. The summed E-state index contributed by atoms with van der Waals surface area (Å²) in [5.41, 5.74) is 8.23. The number of imidazole rings is 1. The highest BCUT2D eigenvalue weighted by Crippen LogP contribution is 2.36. The lowest BCUT2D eigenvalue weighted by atomic mass is 9.95. The van der Waals surface area contributed by atoms with E-state index in [1.165, 1.54) is 0 Å². The minimum absolute atomic E-state index is 0.0438. The Morgan fingerprint density at radius 1 is 1.20 bits per heavy atom. The molecule has 2 rings (SSSR count). The second-order valence-electron chi connectivity index (χ2n) is 6.36. The number of nitrogens with two attached hydrogens (primary N) is 1. The number of halogens is 1. The molecule has 0 saturated carbocycles. The van der Waals surface area contributed by atoms with Crippen molar-refractivity contribution in [3.05, 3.63) is 34.6 Å². The zero-order valence-electron chi connectivity index (χ0n) is 12.7. The van der Waals surface area contributed by atoms with Crippen LogP contribution in [0, 0.1) is 0 Å². The lowest BCUT2D eigenvalue weighted by Gasteiger charge is -2.22. The molecular weight excluding hydrogens is 314 g/mol. The molecule has 1 aromatic heterocycles. The molecule has 3 nitrogen and oxygen atoms in total. The van der Waals surface area contributed by atoms with Crippen LogP contribution in [0.25, 0.3) is 11.3 Å². The Hall–Kier alpha value is -1.29. The first kappa shape index (κ1) is 15.1. The summed E-state index contributed by atoms with van der Waals surface area (Å²) in [4.78, 5) is 4.84. The van der Waals surface area contributed by atoms with Crippen LogP contribution in [-0.2, 0) is 5.41 Å². The van der Waals surface area contributed by atoms with Gasteiger partial charge in [-0.1, -0.05) is 54.9 Å². The van der Waals surface area contributed by atoms with Crippen molar-refractivity contribution < 1.29 is 0 Å². The van der Waals surface area contributed by atoms with Crippen molar-refractivity contribution >= 4 is 21.7 Å². The maximum Gasteiger partial charge on any atom is 0.132 e. The molecule has 2 aromatic rings. The monoisotopic (exact) mass is 335 g/mol. The molecule has 20 heavy (non-hydrogen) atoms. The molecule has 0 aliphatic rings. The zero-order chi connectivity index (χ0) is 15.1. The van der Waals surface area contributed by atoms with E-state index in [9.17, 15) is 0 Å². The minimum atomic E-state index is -0.0438. The maximum absolute atomic E-state index is 6.38. The third-order valence-corrected chi connectivity index (χ3v) is 3.96. The van der Waals surface area contributed by atoms with Gasteiger partial charge in [0.15, 0.2) is 0 Å². The van der Waals surface area contributed by atoms with Crippen LogP contribution in [0.4, 0.5) is 5.82 Å². The van der Waals surface area contributed by atoms with Gasteiger partial charge < -0.3 is 10.3 Å². The zero-order valence-corrected chi connectivity index (χ0v) is 14.3. The summed E-state index contributed by atoms with van der Waals surface area (Å²) < 4.78 is 3.15. The van der Waals surface area contributed by atoms with Crippen molar-refractivity contribution in [1.29, 1.82) is 0 Å². The van der Waals surface area contributed by atoms with Gasteiger partial charge >= 0.3 is 0 Å². The van der Waals surface area contributed by atoms with Crippen molar-refractivity contribution in [1.82, 2.24) is 9.55 Å². The van der Waals surface area contributed by atoms with Gasteiger partial charge in [0.1, 0.15) is 17.3 Å². The van der Waals surface area contributed by atoms with E-state index in [4.69, 9.17) is 10.7 Å². The van der Waals surface area contributed by atoms with Crippen LogP contribution in [0.3, 0.4) is 0 Å². The number of hydrogen-bond acceptors (Lipinski definition) is 2.